The number of nitrogen functional groups attached to an aromatic ring is 1. The molecule has 0 aliphatic rings. The molecular formula is C19H16FN3O. The first-order valence-electron chi connectivity index (χ1n) is 7.42. The lowest BCUT2D eigenvalue weighted by atomic mass is 10.2. The predicted octanol–water partition coefficient (Wildman–Crippen LogP) is 4.13. The average Bonchev–Trinajstić information content (AvgIpc) is 2.60. The fourth-order valence-corrected chi connectivity index (χ4v) is 2.10. The minimum Gasteiger partial charge on any atom is -0.489 e. The third-order valence-corrected chi connectivity index (χ3v) is 3.33. The highest BCUT2D eigenvalue weighted by Crippen LogP contribution is 2.18. The highest BCUT2D eigenvalue weighted by Gasteiger charge is 1.99. The summed E-state index contributed by atoms with van der Waals surface area (Å²) in [6.07, 6.45) is 3.33. The van der Waals surface area contributed by atoms with Gasteiger partial charge >= 0.3 is 0 Å². The second kappa shape index (κ2) is 7.37. The van der Waals surface area contributed by atoms with Crippen molar-refractivity contribution in [1.82, 2.24) is 4.98 Å². The Labute approximate surface area is 139 Å². The summed E-state index contributed by atoms with van der Waals surface area (Å²) < 4.78 is 18.8. The molecule has 3 aromatic rings. The lowest BCUT2D eigenvalue weighted by Gasteiger charge is -2.06. The number of anilines is 1. The van der Waals surface area contributed by atoms with E-state index >= 15 is 0 Å². The predicted molar refractivity (Wildman–Crippen MR) is 93.1 cm³/mol. The molecule has 0 aliphatic heterocycles. The summed E-state index contributed by atoms with van der Waals surface area (Å²) in [6.45, 7) is 0.315. The van der Waals surface area contributed by atoms with E-state index in [1.54, 1.807) is 30.6 Å². The van der Waals surface area contributed by atoms with E-state index in [1.807, 2.05) is 30.3 Å². The Morgan fingerprint density at radius 1 is 1.08 bits per heavy atom. The van der Waals surface area contributed by atoms with E-state index < -0.39 is 0 Å². The van der Waals surface area contributed by atoms with Gasteiger partial charge in [-0.05, 0) is 59.7 Å². The summed E-state index contributed by atoms with van der Waals surface area (Å²) in [5.74, 6) is 0.925. The van der Waals surface area contributed by atoms with Crippen molar-refractivity contribution in [2.75, 3.05) is 5.73 Å². The summed E-state index contributed by atoms with van der Waals surface area (Å²) in [5, 5.41) is 0. The number of aliphatic imine (C=N–C) groups is 1. The van der Waals surface area contributed by atoms with Gasteiger partial charge in [-0.1, -0.05) is 12.1 Å². The SMILES string of the molecule is Nc1cccnc1/N=C/c1ccc(OCc2cccc(F)c2)cc1. The van der Waals surface area contributed by atoms with Crippen LogP contribution in [-0.2, 0) is 6.61 Å². The number of nitrogens with zero attached hydrogens (tertiary/aromatic N) is 2. The van der Waals surface area contributed by atoms with Gasteiger partial charge in [-0.25, -0.2) is 14.4 Å². The first-order valence-corrected chi connectivity index (χ1v) is 7.42. The van der Waals surface area contributed by atoms with Crippen molar-refractivity contribution in [2.45, 2.75) is 6.61 Å². The molecule has 3 rings (SSSR count). The van der Waals surface area contributed by atoms with Gasteiger partial charge in [-0.15, -0.1) is 0 Å². The number of benzene rings is 2. The van der Waals surface area contributed by atoms with E-state index in [9.17, 15) is 4.39 Å². The molecule has 0 saturated heterocycles. The molecule has 120 valence electrons. The van der Waals surface area contributed by atoms with Gasteiger partial charge in [0.25, 0.3) is 0 Å². The summed E-state index contributed by atoms with van der Waals surface area (Å²) in [5.41, 5.74) is 8.01. The second-order valence-electron chi connectivity index (χ2n) is 5.16. The molecule has 0 bridgehead atoms. The summed E-state index contributed by atoms with van der Waals surface area (Å²) in [6, 6.07) is 17.3. The molecule has 4 nitrogen and oxygen atoms in total. The number of ether oxygens (including phenoxy) is 1. The molecule has 0 aliphatic carbocycles. The number of hydrogen-bond donors (Lipinski definition) is 1. The Hall–Kier alpha value is -3.21. The number of halogens is 1. The van der Waals surface area contributed by atoms with E-state index in [-0.39, 0.29) is 5.82 Å². The lowest BCUT2D eigenvalue weighted by molar-refractivity contribution is 0.305. The normalized spacial score (nSPS) is 10.9. The van der Waals surface area contributed by atoms with Crippen molar-refractivity contribution in [2.24, 2.45) is 4.99 Å². The number of hydrogen-bond acceptors (Lipinski definition) is 4. The van der Waals surface area contributed by atoms with Crippen LogP contribution in [-0.4, -0.2) is 11.2 Å². The fourth-order valence-electron chi connectivity index (χ4n) is 2.10. The Bertz CT molecular complexity index is 847. The number of aromatic nitrogens is 1. The Morgan fingerprint density at radius 2 is 1.92 bits per heavy atom. The van der Waals surface area contributed by atoms with Crippen LogP contribution in [0.4, 0.5) is 15.9 Å². The monoisotopic (exact) mass is 321 g/mol. The maximum Gasteiger partial charge on any atom is 0.175 e. The quantitative estimate of drug-likeness (QED) is 0.719. The van der Waals surface area contributed by atoms with E-state index in [4.69, 9.17) is 10.5 Å². The van der Waals surface area contributed by atoms with E-state index in [2.05, 4.69) is 9.98 Å². The number of rotatable bonds is 5. The first kappa shape index (κ1) is 15.7. The molecule has 0 unspecified atom stereocenters. The van der Waals surface area contributed by atoms with Crippen LogP contribution in [0.15, 0.2) is 71.9 Å². The molecule has 2 aromatic carbocycles. The molecule has 0 spiro atoms. The molecule has 0 saturated carbocycles. The molecule has 5 heteroatoms. The zero-order valence-corrected chi connectivity index (χ0v) is 12.9. The zero-order valence-electron chi connectivity index (χ0n) is 12.9. The largest absolute Gasteiger partial charge is 0.489 e. The van der Waals surface area contributed by atoms with Crippen LogP contribution in [0.1, 0.15) is 11.1 Å². The number of nitrogens with two attached hydrogens (primary N) is 1. The van der Waals surface area contributed by atoms with Crippen LogP contribution in [0.2, 0.25) is 0 Å². The average molecular weight is 321 g/mol. The molecule has 2 N–H and O–H groups in total. The van der Waals surface area contributed by atoms with Gasteiger partial charge in [0, 0.05) is 12.4 Å². The molecule has 24 heavy (non-hydrogen) atoms. The van der Waals surface area contributed by atoms with Gasteiger partial charge in [-0.3, -0.25) is 0 Å². The lowest BCUT2D eigenvalue weighted by Crippen LogP contribution is -1.96. The smallest absolute Gasteiger partial charge is 0.175 e. The minimum absolute atomic E-state index is 0.267. The molecular weight excluding hydrogens is 305 g/mol. The first-order chi connectivity index (χ1) is 11.7. The highest BCUT2D eigenvalue weighted by atomic mass is 19.1. The minimum atomic E-state index is -0.267. The van der Waals surface area contributed by atoms with Gasteiger partial charge in [0.05, 0.1) is 5.69 Å². The zero-order chi connectivity index (χ0) is 16.8. The van der Waals surface area contributed by atoms with Crippen molar-refractivity contribution in [3.05, 3.63) is 83.8 Å². The third-order valence-electron chi connectivity index (χ3n) is 3.33. The molecule has 1 heterocycles. The van der Waals surface area contributed by atoms with Crippen molar-refractivity contribution >= 4 is 17.7 Å². The maximum atomic E-state index is 13.1. The van der Waals surface area contributed by atoms with Crippen LogP contribution >= 0.6 is 0 Å². The van der Waals surface area contributed by atoms with Crippen LogP contribution in [0.5, 0.6) is 5.75 Å². The van der Waals surface area contributed by atoms with Crippen molar-refractivity contribution < 1.29 is 9.13 Å². The molecule has 1 aromatic heterocycles. The summed E-state index contributed by atoms with van der Waals surface area (Å²) in [7, 11) is 0. The maximum absolute atomic E-state index is 13.1. The molecule has 0 radical (unpaired) electrons. The van der Waals surface area contributed by atoms with Crippen LogP contribution in [0.3, 0.4) is 0 Å². The van der Waals surface area contributed by atoms with Crippen LogP contribution < -0.4 is 10.5 Å². The Kier molecular flexibility index (Phi) is 4.81. The summed E-state index contributed by atoms with van der Waals surface area (Å²) in [4.78, 5) is 8.37. The van der Waals surface area contributed by atoms with Gasteiger partial charge in [0.1, 0.15) is 18.2 Å². The van der Waals surface area contributed by atoms with Gasteiger partial charge in [0.15, 0.2) is 5.82 Å². The van der Waals surface area contributed by atoms with Gasteiger partial charge in [0.2, 0.25) is 0 Å². The van der Waals surface area contributed by atoms with E-state index in [0.717, 1.165) is 11.1 Å². The molecule has 0 fully saturated rings. The number of pyridine rings is 1. The highest BCUT2D eigenvalue weighted by molar-refractivity contribution is 5.83. The van der Waals surface area contributed by atoms with Crippen molar-refractivity contribution in [3.8, 4) is 5.75 Å². The standard InChI is InChI=1S/C19H16FN3O/c20-16-4-1-3-15(11-16)13-24-17-8-6-14(7-9-17)12-23-19-18(21)5-2-10-22-19/h1-12H,13,21H2/b23-12+. The molecule has 0 atom stereocenters. The summed E-state index contributed by atoms with van der Waals surface area (Å²) >= 11 is 0. The van der Waals surface area contributed by atoms with Crippen molar-refractivity contribution in [1.29, 1.82) is 0 Å². The van der Waals surface area contributed by atoms with Crippen molar-refractivity contribution in [3.63, 3.8) is 0 Å². The Balaban J connectivity index is 1.62. The third kappa shape index (κ3) is 4.16. The topological polar surface area (TPSA) is 60.5 Å². The van der Waals surface area contributed by atoms with Gasteiger partial charge in [-0.2, -0.15) is 0 Å². The van der Waals surface area contributed by atoms with Crippen LogP contribution in [0.25, 0.3) is 0 Å². The van der Waals surface area contributed by atoms with E-state index in [1.165, 1.54) is 12.1 Å². The second-order valence-corrected chi connectivity index (χ2v) is 5.16. The van der Waals surface area contributed by atoms with E-state index in [0.29, 0.717) is 23.9 Å². The fraction of sp³-hybridized carbons (Fsp3) is 0.0526. The van der Waals surface area contributed by atoms with Crippen LogP contribution in [0, 0.1) is 5.82 Å². The Morgan fingerprint density at radius 3 is 2.67 bits per heavy atom. The molecule has 0 amide bonds. The van der Waals surface area contributed by atoms with Gasteiger partial charge < -0.3 is 10.5 Å².